The molecule has 3 fully saturated rings. The first kappa shape index (κ1) is 31.1. The minimum atomic E-state index is -3.61. The zero-order valence-electron chi connectivity index (χ0n) is 24.1. The van der Waals surface area contributed by atoms with Gasteiger partial charge in [-0.2, -0.15) is 4.31 Å². The molecule has 5 unspecified atom stereocenters. The molecule has 222 valence electrons. The summed E-state index contributed by atoms with van der Waals surface area (Å²) < 4.78 is 36.6. The highest BCUT2D eigenvalue weighted by Gasteiger charge is 2.56. The summed E-state index contributed by atoms with van der Waals surface area (Å²) in [7, 11) is -0.896. The number of hydrogen-bond acceptors (Lipinski definition) is 8. The molecule has 0 radical (unpaired) electrons. The third kappa shape index (κ3) is 7.03. The van der Waals surface area contributed by atoms with Crippen LogP contribution in [0.2, 0.25) is 0 Å². The molecule has 3 aliphatic rings. The van der Waals surface area contributed by atoms with Crippen molar-refractivity contribution < 1.29 is 37.1 Å². The van der Waals surface area contributed by atoms with Crippen molar-refractivity contribution in [1.29, 1.82) is 0 Å². The zero-order valence-corrected chi connectivity index (χ0v) is 25.0. The minimum absolute atomic E-state index is 0.0528. The lowest BCUT2D eigenvalue weighted by Gasteiger charge is -2.37. The molecule has 13 heteroatoms. The van der Waals surface area contributed by atoms with Crippen LogP contribution in [0.4, 0.5) is 4.79 Å². The highest BCUT2D eigenvalue weighted by atomic mass is 32.2. The highest BCUT2D eigenvalue weighted by molar-refractivity contribution is 7.88. The second kappa shape index (κ2) is 12.0. The van der Waals surface area contributed by atoms with Gasteiger partial charge >= 0.3 is 12.1 Å². The minimum Gasteiger partial charge on any atom is -0.469 e. The molecule has 5 atom stereocenters. The molecule has 0 aromatic rings. The maximum absolute atomic E-state index is 14.1. The average molecular weight is 573 g/mol. The number of carbonyl (C=O) groups is 4. The van der Waals surface area contributed by atoms with E-state index in [1.165, 1.54) is 23.4 Å². The van der Waals surface area contributed by atoms with Crippen molar-refractivity contribution >= 4 is 33.9 Å². The van der Waals surface area contributed by atoms with Crippen LogP contribution in [0.5, 0.6) is 0 Å². The van der Waals surface area contributed by atoms with E-state index in [-0.39, 0.29) is 24.9 Å². The number of sulfonamides is 1. The molecule has 1 saturated carbocycles. The monoisotopic (exact) mass is 572 g/mol. The van der Waals surface area contributed by atoms with Crippen molar-refractivity contribution in [3.63, 3.8) is 0 Å². The Labute approximate surface area is 231 Å². The average Bonchev–Trinajstić information content (AvgIpc) is 3.45. The van der Waals surface area contributed by atoms with Gasteiger partial charge in [0, 0.05) is 26.2 Å². The van der Waals surface area contributed by atoms with E-state index in [0.29, 0.717) is 6.42 Å². The highest BCUT2D eigenvalue weighted by Crippen LogP contribution is 2.39. The lowest BCUT2D eigenvalue weighted by molar-refractivity contribution is -0.149. The molecule has 2 aliphatic heterocycles. The van der Waals surface area contributed by atoms with E-state index in [0.717, 1.165) is 38.4 Å². The van der Waals surface area contributed by atoms with E-state index in [9.17, 15) is 27.6 Å². The molecular weight excluding hydrogens is 528 g/mol. The summed E-state index contributed by atoms with van der Waals surface area (Å²) in [5.74, 6) is -2.32. The number of fused-ring (bicyclic) bond motifs is 1. The predicted molar refractivity (Wildman–Crippen MR) is 143 cm³/mol. The number of esters is 1. The third-order valence-electron chi connectivity index (χ3n) is 8.12. The van der Waals surface area contributed by atoms with Gasteiger partial charge in [-0.05, 0) is 52.9 Å². The van der Waals surface area contributed by atoms with E-state index in [2.05, 4.69) is 5.32 Å². The fourth-order valence-electron chi connectivity index (χ4n) is 6.01. The molecule has 2 heterocycles. The fraction of sp³-hybridized carbons (Fsp3) is 0.846. The maximum Gasteiger partial charge on any atom is 0.410 e. The lowest BCUT2D eigenvalue weighted by atomic mass is 9.83. The Kier molecular flexibility index (Phi) is 9.57. The second-order valence-electron chi connectivity index (χ2n) is 12.0. The number of hydrogen-bond donors (Lipinski definition) is 1. The quantitative estimate of drug-likeness (QED) is 0.451. The van der Waals surface area contributed by atoms with E-state index >= 15 is 0 Å². The fourth-order valence-corrected chi connectivity index (χ4v) is 7.16. The summed E-state index contributed by atoms with van der Waals surface area (Å²) in [6, 6.07) is -2.98. The number of nitrogens with zero attached hydrogens (tertiary/aromatic N) is 3. The van der Waals surface area contributed by atoms with Crippen LogP contribution in [0.25, 0.3) is 0 Å². The topological polar surface area (TPSA) is 143 Å². The Hall–Kier alpha value is -2.41. The Morgan fingerprint density at radius 2 is 1.67 bits per heavy atom. The number of carbonyl (C=O) groups excluding carboxylic acids is 4. The van der Waals surface area contributed by atoms with Crippen LogP contribution >= 0.6 is 0 Å². The Balaban J connectivity index is 1.85. The van der Waals surface area contributed by atoms with Crippen LogP contribution in [-0.2, 0) is 33.9 Å². The van der Waals surface area contributed by atoms with Crippen molar-refractivity contribution in [3.05, 3.63) is 0 Å². The van der Waals surface area contributed by atoms with Crippen LogP contribution < -0.4 is 5.32 Å². The van der Waals surface area contributed by atoms with E-state index in [1.807, 2.05) is 0 Å². The van der Waals surface area contributed by atoms with Gasteiger partial charge in [-0.1, -0.05) is 19.3 Å². The number of rotatable bonds is 7. The molecule has 2 saturated heterocycles. The largest absolute Gasteiger partial charge is 0.469 e. The number of methoxy groups -OCH3 is 1. The Morgan fingerprint density at radius 3 is 2.21 bits per heavy atom. The standard InChI is InChI=1S/C26H44N4O8S/c1-16(28(5)25(34)38-26(2,3)4)22(31)27-20(17-11-9-8-10-12-17)23(32)29-14-13-19-21(29)18(24(33)37-6)15-30(19)39(7,35)36/h16-21H,8-15H2,1-7H3,(H,27,31). The summed E-state index contributed by atoms with van der Waals surface area (Å²) in [4.78, 5) is 55.5. The molecule has 3 amide bonds. The zero-order chi connectivity index (χ0) is 29.3. The summed E-state index contributed by atoms with van der Waals surface area (Å²) in [5.41, 5.74) is -0.730. The van der Waals surface area contributed by atoms with E-state index < -0.39 is 63.7 Å². The van der Waals surface area contributed by atoms with Gasteiger partial charge in [-0.3, -0.25) is 19.3 Å². The molecule has 3 rings (SSSR count). The maximum atomic E-state index is 14.1. The number of nitrogens with one attached hydrogen (secondary N) is 1. The van der Waals surface area contributed by atoms with Crippen LogP contribution in [-0.4, -0.2) is 110 Å². The molecule has 1 N–H and O–H groups in total. The van der Waals surface area contributed by atoms with Crippen LogP contribution in [0.15, 0.2) is 0 Å². The van der Waals surface area contributed by atoms with Gasteiger partial charge < -0.3 is 19.7 Å². The number of likely N-dealkylation sites (N-methyl/N-ethyl adjacent to an activating group) is 1. The molecule has 0 aromatic carbocycles. The molecule has 39 heavy (non-hydrogen) atoms. The molecule has 12 nitrogen and oxygen atoms in total. The second-order valence-corrected chi connectivity index (χ2v) is 13.9. The summed E-state index contributed by atoms with van der Waals surface area (Å²) >= 11 is 0. The first-order chi connectivity index (χ1) is 18.1. The Morgan fingerprint density at radius 1 is 1.05 bits per heavy atom. The van der Waals surface area contributed by atoms with Crippen molar-refractivity contribution in [1.82, 2.24) is 19.4 Å². The first-order valence-electron chi connectivity index (χ1n) is 13.7. The smallest absolute Gasteiger partial charge is 0.410 e. The molecule has 0 bridgehead atoms. The number of ether oxygens (including phenoxy) is 2. The lowest BCUT2D eigenvalue weighted by Crippen LogP contribution is -2.58. The van der Waals surface area contributed by atoms with Gasteiger partial charge in [0.25, 0.3) is 0 Å². The molecule has 0 aromatic heterocycles. The van der Waals surface area contributed by atoms with Crippen LogP contribution in [0.3, 0.4) is 0 Å². The van der Waals surface area contributed by atoms with E-state index in [1.54, 1.807) is 32.6 Å². The molecular formula is C26H44N4O8S. The molecule has 0 spiro atoms. The van der Waals surface area contributed by atoms with Gasteiger partial charge in [-0.25, -0.2) is 13.2 Å². The van der Waals surface area contributed by atoms with Gasteiger partial charge in [0.2, 0.25) is 21.8 Å². The van der Waals surface area contributed by atoms with Gasteiger partial charge in [0.1, 0.15) is 17.7 Å². The summed E-state index contributed by atoms with van der Waals surface area (Å²) in [6.07, 6.45) is 5.25. The first-order valence-corrected chi connectivity index (χ1v) is 15.5. The summed E-state index contributed by atoms with van der Waals surface area (Å²) in [6.45, 7) is 6.99. The van der Waals surface area contributed by atoms with Gasteiger partial charge in [0.15, 0.2) is 0 Å². The van der Waals surface area contributed by atoms with Crippen molar-refractivity contribution in [2.75, 3.05) is 33.5 Å². The van der Waals surface area contributed by atoms with Crippen molar-refractivity contribution in [3.8, 4) is 0 Å². The molecule has 1 aliphatic carbocycles. The number of amides is 3. The van der Waals surface area contributed by atoms with Crippen LogP contribution in [0.1, 0.15) is 66.2 Å². The van der Waals surface area contributed by atoms with Crippen molar-refractivity contribution in [2.45, 2.75) is 96.0 Å². The van der Waals surface area contributed by atoms with Crippen molar-refractivity contribution in [2.24, 2.45) is 11.8 Å². The predicted octanol–water partition coefficient (Wildman–Crippen LogP) is 1.34. The summed E-state index contributed by atoms with van der Waals surface area (Å²) in [5, 5.41) is 2.91. The normalized spacial score (nSPS) is 25.9. The van der Waals surface area contributed by atoms with Gasteiger partial charge in [-0.15, -0.1) is 0 Å². The SMILES string of the molecule is COC(=O)C1CN(S(C)(=O)=O)C2CCN(C(=O)C(NC(=O)C(C)N(C)C(=O)OC(C)(C)C)C3CCCCC3)C12. The third-order valence-corrected chi connectivity index (χ3v) is 9.39. The number of likely N-dealkylation sites (tertiary alicyclic amines) is 1. The Bertz CT molecular complexity index is 1050. The van der Waals surface area contributed by atoms with E-state index in [4.69, 9.17) is 9.47 Å². The van der Waals surface area contributed by atoms with Crippen LogP contribution in [0, 0.1) is 11.8 Å². The van der Waals surface area contributed by atoms with Gasteiger partial charge in [0.05, 0.1) is 25.3 Å².